The number of benzene rings is 2. The maximum atomic E-state index is 13.8. The molecular formula is C24H23N3O3. The Kier molecular flexibility index (Phi) is 4.15. The molecule has 2 saturated heterocycles. The van der Waals surface area contributed by atoms with Crippen LogP contribution in [0.5, 0.6) is 0 Å². The topological polar surface area (TPSA) is 69.7 Å². The van der Waals surface area contributed by atoms with Crippen molar-refractivity contribution in [2.75, 3.05) is 18.5 Å². The van der Waals surface area contributed by atoms with E-state index in [1.54, 1.807) is 11.0 Å². The monoisotopic (exact) mass is 401 g/mol. The molecule has 30 heavy (non-hydrogen) atoms. The molecule has 1 spiro atoms. The number of rotatable bonds is 4. The van der Waals surface area contributed by atoms with Gasteiger partial charge in [0.05, 0.1) is 11.8 Å². The van der Waals surface area contributed by atoms with E-state index in [0.717, 1.165) is 16.8 Å². The molecule has 0 saturated carbocycles. The van der Waals surface area contributed by atoms with Gasteiger partial charge in [-0.1, -0.05) is 54.6 Å². The number of anilines is 1. The van der Waals surface area contributed by atoms with Gasteiger partial charge < -0.3 is 4.90 Å². The van der Waals surface area contributed by atoms with Crippen LogP contribution in [0, 0.1) is 11.8 Å². The van der Waals surface area contributed by atoms with Crippen LogP contribution < -0.4 is 10.2 Å². The molecule has 6 nitrogen and oxygen atoms in total. The summed E-state index contributed by atoms with van der Waals surface area (Å²) in [6.45, 7) is 4.12. The van der Waals surface area contributed by atoms with E-state index in [2.05, 4.69) is 11.9 Å². The van der Waals surface area contributed by atoms with Gasteiger partial charge in [-0.15, -0.1) is 6.58 Å². The van der Waals surface area contributed by atoms with Crippen molar-refractivity contribution in [3.63, 3.8) is 0 Å². The van der Waals surface area contributed by atoms with Crippen molar-refractivity contribution in [1.82, 2.24) is 10.2 Å². The van der Waals surface area contributed by atoms with Gasteiger partial charge in [-0.2, -0.15) is 0 Å². The fraction of sp³-hybridized carbons (Fsp3) is 0.292. The number of nitrogens with zero attached hydrogens (tertiary/aromatic N) is 2. The number of amides is 3. The number of likely N-dealkylation sites (tertiary alicyclic amines) is 1. The summed E-state index contributed by atoms with van der Waals surface area (Å²) in [6, 6.07) is 17.1. The largest absolute Gasteiger partial charge is 0.306 e. The van der Waals surface area contributed by atoms with Crippen LogP contribution in [0.3, 0.4) is 0 Å². The Morgan fingerprint density at radius 3 is 2.47 bits per heavy atom. The number of carbonyl (C=O) groups excluding carboxylic acids is 3. The summed E-state index contributed by atoms with van der Waals surface area (Å²) in [5.74, 6) is -2.04. The Balaban J connectivity index is 1.66. The average Bonchev–Trinajstić information content (AvgIpc) is 3.30. The first-order valence-electron chi connectivity index (χ1n) is 10.2. The molecule has 3 heterocycles. The molecule has 6 heteroatoms. The number of fused-ring (bicyclic) bond motifs is 4. The van der Waals surface area contributed by atoms with Crippen LogP contribution in [-0.4, -0.2) is 42.3 Å². The first-order valence-corrected chi connectivity index (χ1v) is 10.2. The van der Waals surface area contributed by atoms with Crippen LogP contribution in [-0.2, 0) is 26.3 Å². The molecule has 0 radical (unpaired) electrons. The third kappa shape index (κ3) is 2.31. The van der Waals surface area contributed by atoms with Crippen molar-refractivity contribution in [2.24, 2.45) is 11.8 Å². The molecule has 3 aliphatic rings. The minimum Gasteiger partial charge on any atom is -0.306 e. The standard InChI is InChI=1S/C24H23N3O3/c1-3-13-27-18-12-8-7-11-16(18)24(23(27)30)20-19(21(28)26(2)22(20)29)17(25-24)14-15-9-5-4-6-10-15/h3-12,17,19-20,25H,1,13-14H2,2H3/t17-,19-,20-,24+/m1/s1. The van der Waals surface area contributed by atoms with Gasteiger partial charge in [0, 0.05) is 30.9 Å². The van der Waals surface area contributed by atoms with Crippen LogP contribution in [0.2, 0.25) is 0 Å². The van der Waals surface area contributed by atoms with E-state index in [4.69, 9.17) is 0 Å². The van der Waals surface area contributed by atoms with Gasteiger partial charge in [0.2, 0.25) is 11.8 Å². The first kappa shape index (κ1) is 18.8. The van der Waals surface area contributed by atoms with Gasteiger partial charge in [-0.3, -0.25) is 24.6 Å². The highest BCUT2D eigenvalue weighted by molar-refractivity contribution is 6.16. The number of carbonyl (C=O) groups is 3. The van der Waals surface area contributed by atoms with Crippen molar-refractivity contribution in [3.05, 3.63) is 78.4 Å². The van der Waals surface area contributed by atoms with Gasteiger partial charge in [-0.05, 0) is 18.1 Å². The van der Waals surface area contributed by atoms with Crippen LogP contribution >= 0.6 is 0 Å². The third-order valence-electron chi connectivity index (χ3n) is 6.70. The normalized spacial score (nSPS) is 29.6. The Morgan fingerprint density at radius 2 is 1.73 bits per heavy atom. The van der Waals surface area contributed by atoms with Gasteiger partial charge in [-0.25, -0.2) is 0 Å². The second-order valence-corrected chi connectivity index (χ2v) is 8.21. The lowest BCUT2D eigenvalue weighted by Gasteiger charge is -2.30. The van der Waals surface area contributed by atoms with E-state index in [9.17, 15) is 14.4 Å². The summed E-state index contributed by atoms with van der Waals surface area (Å²) in [5, 5.41) is 3.50. The van der Waals surface area contributed by atoms with E-state index >= 15 is 0 Å². The van der Waals surface area contributed by atoms with Crippen LogP contribution in [0.15, 0.2) is 67.3 Å². The molecule has 0 unspecified atom stereocenters. The van der Waals surface area contributed by atoms with E-state index in [-0.39, 0.29) is 23.8 Å². The zero-order valence-corrected chi connectivity index (χ0v) is 16.7. The molecule has 0 aliphatic carbocycles. The van der Waals surface area contributed by atoms with Crippen LogP contribution in [0.1, 0.15) is 11.1 Å². The first-order chi connectivity index (χ1) is 14.5. The minimum atomic E-state index is -1.23. The smallest absolute Gasteiger partial charge is 0.253 e. The summed E-state index contributed by atoms with van der Waals surface area (Å²) < 4.78 is 0. The predicted molar refractivity (Wildman–Crippen MR) is 112 cm³/mol. The second-order valence-electron chi connectivity index (χ2n) is 8.21. The zero-order valence-electron chi connectivity index (χ0n) is 16.7. The summed E-state index contributed by atoms with van der Waals surface area (Å²) in [5.41, 5.74) is 1.35. The number of para-hydroxylation sites is 1. The fourth-order valence-electron chi connectivity index (χ4n) is 5.44. The van der Waals surface area contributed by atoms with Crippen molar-refractivity contribution in [1.29, 1.82) is 0 Å². The van der Waals surface area contributed by atoms with Crippen LogP contribution in [0.4, 0.5) is 5.69 Å². The van der Waals surface area contributed by atoms with Gasteiger partial charge in [0.25, 0.3) is 5.91 Å². The number of nitrogens with one attached hydrogen (secondary N) is 1. The van der Waals surface area contributed by atoms with E-state index < -0.39 is 17.4 Å². The second kappa shape index (κ2) is 6.64. The summed E-state index contributed by atoms with van der Waals surface area (Å²) in [6.07, 6.45) is 2.24. The van der Waals surface area contributed by atoms with Crippen molar-refractivity contribution < 1.29 is 14.4 Å². The van der Waals surface area contributed by atoms with Gasteiger partial charge in [0.15, 0.2) is 0 Å². The summed E-state index contributed by atoms with van der Waals surface area (Å²) in [4.78, 5) is 43.0. The lowest BCUT2D eigenvalue weighted by molar-refractivity contribution is -0.141. The maximum absolute atomic E-state index is 13.8. The van der Waals surface area contributed by atoms with Gasteiger partial charge >= 0.3 is 0 Å². The molecule has 152 valence electrons. The predicted octanol–water partition coefficient (Wildman–Crippen LogP) is 1.86. The maximum Gasteiger partial charge on any atom is 0.253 e. The molecular weight excluding hydrogens is 378 g/mol. The molecule has 1 N–H and O–H groups in total. The van der Waals surface area contributed by atoms with E-state index in [1.807, 2.05) is 54.6 Å². The molecule has 0 aromatic heterocycles. The fourth-order valence-corrected chi connectivity index (χ4v) is 5.44. The van der Waals surface area contributed by atoms with Gasteiger partial charge in [0.1, 0.15) is 5.54 Å². The van der Waals surface area contributed by atoms with E-state index in [1.165, 1.54) is 11.9 Å². The summed E-state index contributed by atoms with van der Waals surface area (Å²) >= 11 is 0. The molecule has 2 aromatic rings. The van der Waals surface area contributed by atoms with Crippen molar-refractivity contribution in [3.8, 4) is 0 Å². The minimum absolute atomic E-state index is 0.189. The van der Waals surface area contributed by atoms with Crippen LogP contribution in [0.25, 0.3) is 0 Å². The van der Waals surface area contributed by atoms with E-state index in [0.29, 0.717) is 13.0 Å². The Bertz CT molecular complexity index is 1070. The Labute approximate surface area is 175 Å². The summed E-state index contributed by atoms with van der Waals surface area (Å²) in [7, 11) is 1.52. The Hall–Kier alpha value is -3.25. The molecule has 0 bridgehead atoms. The zero-order chi connectivity index (χ0) is 21.0. The lowest BCUT2D eigenvalue weighted by Crippen LogP contribution is -2.55. The third-order valence-corrected chi connectivity index (χ3v) is 6.70. The highest BCUT2D eigenvalue weighted by Gasteiger charge is 2.70. The molecule has 4 atom stereocenters. The highest BCUT2D eigenvalue weighted by atomic mass is 16.2. The number of hydrogen-bond donors (Lipinski definition) is 1. The average molecular weight is 401 g/mol. The SMILES string of the molecule is C=CCN1C(=O)[C@]2(N[C@H](Cc3ccccc3)[C@H]3C(=O)N(C)C(=O)[C@@H]32)c2ccccc21. The molecule has 2 aromatic carbocycles. The molecule has 2 fully saturated rings. The highest BCUT2D eigenvalue weighted by Crippen LogP contribution is 2.54. The molecule has 3 amide bonds. The Morgan fingerprint density at radius 1 is 1.03 bits per heavy atom. The number of imide groups is 1. The lowest BCUT2D eigenvalue weighted by atomic mass is 9.76. The number of hydrogen-bond acceptors (Lipinski definition) is 4. The quantitative estimate of drug-likeness (QED) is 0.627. The molecule has 3 aliphatic heterocycles. The van der Waals surface area contributed by atoms with Crippen molar-refractivity contribution >= 4 is 23.4 Å². The van der Waals surface area contributed by atoms with Crippen molar-refractivity contribution in [2.45, 2.75) is 18.0 Å². The molecule has 5 rings (SSSR count).